The van der Waals surface area contributed by atoms with E-state index in [2.05, 4.69) is 16.7 Å². The summed E-state index contributed by atoms with van der Waals surface area (Å²) in [4.78, 5) is 13.4. The van der Waals surface area contributed by atoms with Crippen LogP contribution in [0.3, 0.4) is 0 Å². The number of para-hydroxylation sites is 4. The average molecular weight is 418 g/mol. The summed E-state index contributed by atoms with van der Waals surface area (Å²) in [5.41, 5.74) is 3.54. The molecule has 2 N–H and O–H groups in total. The number of nitrogens with one attached hydrogen (secondary N) is 2. The van der Waals surface area contributed by atoms with Crippen LogP contribution in [0.15, 0.2) is 71.6 Å². The molecule has 0 spiro atoms. The van der Waals surface area contributed by atoms with Crippen molar-refractivity contribution in [2.75, 3.05) is 22.9 Å². The Morgan fingerprint density at radius 2 is 1.63 bits per heavy atom. The average Bonchev–Trinajstić information content (AvgIpc) is 2.75. The Hall–Kier alpha value is -3.43. The monoisotopic (exact) mass is 417 g/mol. The molecule has 3 aromatic carbocycles. The maximum absolute atomic E-state index is 12.5. The quantitative estimate of drug-likeness (QED) is 0.456. The summed E-state index contributed by atoms with van der Waals surface area (Å²) in [7, 11) is 0. The Labute approximate surface area is 181 Å². The molecule has 0 aliphatic heterocycles. The number of carbonyl (C=O) groups excluding carboxylic acids is 1. The molecule has 6 heteroatoms. The number of carbonyl (C=O) groups is 1. The number of thioether (sulfide) groups is 1. The molecule has 0 radical (unpaired) electrons. The number of hydrogen-bond donors (Lipinski definition) is 2. The van der Waals surface area contributed by atoms with Gasteiger partial charge >= 0.3 is 0 Å². The summed E-state index contributed by atoms with van der Waals surface area (Å²) in [6, 6.07) is 23.1. The van der Waals surface area contributed by atoms with Crippen molar-refractivity contribution in [3.8, 4) is 17.6 Å². The molecule has 152 valence electrons. The highest BCUT2D eigenvalue weighted by atomic mass is 32.2. The van der Waals surface area contributed by atoms with E-state index in [1.54, 1.807) is 0 Å². The van der Waals surface area contributed by atoms with Gasteiger partial charge in [0, 0.05) is 4.90 Å². The van der Waals surface area contributed by atoms with Crippen molar-refractivity contribution in [3.63, 3.8) is 0 Å². The van der Waals surface area contributed by atoms with Crippen LogP contribution >= 0.6 is 11.8 Å². The van der Waals surface area contributed by atoms with Crippen LogP contribution in [-0.4, -0.2) is 18.2 Å². The molecule has 0 unspecified atom stereocenters. The predicted molar refractivity (Wildman–Crippen MR) is 122 cm³/mol. The summed E-state index contributed by atoms with van der Waals surface area (Å²) >= 11 is 1.39. The Bertz CT molecular complexity index is 1060. The van der Waals surface area contributed by atoms with E-state index in [9.17, 15) is 4.79 Å². The second-order valence-electron chi connectivity index (χ2n) is 6.66. The minimum absolute atomic E-state index is 0.0877. The van der Waals surface area contributed by atoms with Crippen molar-refractivity contribution in [1.29, 1.82) is 5.26 Å². The van der Waals surface area contributed by atoms with Gasteiger partial charge in [0.1, 0.15) is 5.75 Å². The first kappa shape index (κ1) is 21.3. The summed E-state index contributed by atoms with van der Waals surface area (Å²) in [5, 5.41) is 14.9. The van der Waals surface area contributed by atoms with Gasteiger partial charge in [-0.3, -0.25) is 4.79 Å². The van der Waals surface area contributed by atoms with E-state index in [1.165, 1.54) is 11.8 Å². The third-order valence-electron chi connectivity index (χ3n) is 4.40. The van der Waals surface area contributed by atoms with Crippen LogP contribution in [0.25, 0.3) is 0 Å². The van der Waals surface area contributed by atoms with Gasteiger partial charge in [0.25, 0.3) is 0 Å². The standard InChI is InChI=1S/C24H23N3O2S/c1-17-8-7-9-18(2)24(17)29-21-12-5-3-10-19(21)26-16-23(28)27-20-11-4-6-13-22(20)30-15-14-25/h3-13,26H,15-16H2,1-2H3,(H,27,28). The molecule has 0 atom stereocenters. The lowest BCUT2D eigenvalue weighted by atomic mass is 10.1. The number of ether oxygens (including phenoxy) is 1. The number of hydrogen-bond acceptors (Lipinski definition) is 5. The van der Waals surface area contributed by atoms with Crippen LogP contribution in [0.5, 0.6) is 11.5 Å². The maximum Gasteiger partial charge on any atom is 0.243 e. The van der Waals surface area contributed by atoms with Gasteiger partial charge < -0.3 is 15.4 Å². The first-order chi connectivity index (χ1) is 14.6. The molecule has 0 saturated carbocycles. The Balaban J connectivity index is 1.67. The molecule has 3 aromatic rings. The predicted octanol–water partition coefficient (Wildman–Crippen LogP) is 5.76. The number of nitrogens with zero attached hydrogens (tertiary/aromatic N) is 1. The Morgan fingerprint density at radius 3 is 2.37 bits per heavy atom. The number of benzene rings is 3. The van der Waals surface area contributed by atoms with Crippen LogP contribution in [-0.2, 0) is 4.79 Å². The molecule has 0 aromatic heterocycles. The minimum atomic E-state index is -0.179. The number of rotatable bonds is 8. The Kier molecular flexibility index (Phi) is 7.36. The van der Waals surface area contributed by atoms with Crippen LogP contribution in [0.4, 0.5) is 11.4 Å². The van der Waals surface area contributed by atoms with Crippen LogP contribution in [0, 0.1) is 25.2 Å². The van der Waals surface area contributed by atoms with Crippen molar-refractivity contribution < 1.29 is 9.53 Å². The van der Waals surface area contributed by atoms with Gasteiger partial charge in [0.05, 0.1) is 29.7 Å². The van der Waals surface area contributed by atoms with Crippen LogP contribution in [0.2, 0.25) is 0 Å². The van der Waals surface area contributed by atoms with Crippen LogP contribution < -0.4 is 15.4 Å². The third-order valence-corrected chi connectivity index (χ3v) is 5.34. The first-order valence-corrected chi connectivity index (χ1v) is 10.5. The van der Waals surface area contributed by atoms with E-state index in [1.807, 2.05) is 80.6 Å². The summed E-state index contributed by atoms with van der Waals surface area (Å²) in [5.74, 6) is 1.63. The van der Waals surface area contributed by atoms with E-state index >= 15 is 0 Å². The van der Waals surface area contributed by atoms with Gasteiger partial charge in [-0.2, -0.15) is 5.26 Å². The largest absolute Gasteiger partial charge is 0.455 e. The number of amides is 1. The zero-order valence-electron chi connectivity index (χ0n) is 16.9. The lowest BCUT2D eigenvalue weighted by Crippen LogP contribution is -2.22. The van der Waals surface area contributed by atoms with Gasteiger partial charge in [-0.05, 0) is 49.2 Å². The highest BCUT2D eigenvalue weighted by Gasteiger charge is 2.11. The molecule has 5 nitrogen and oxygen atoms in total. The minimum Gasteiger partial charge on any atom is -0.455 e. The van der Waals surface area contributed by atoms with Crippen molar-refractivity contribution in [2.45, 2.75) is 18.7 Å². The van der Waals surface area contributed by atoms with E-state index in [0.29, 0.717) is 17.2 Å². The normalized spacial score (nSPS) is 10.2. The highest BCUT2D eigenvalue weighted by Crippen LogP contribution is 2.33. The molecule has 0 heterocycles. The summed E-state index contributed by atoms with van der Waals surface area (Å²) in [6.45, 7) is 4.10. The van der Waals surface area contributed by atoms with E-state index < -0.39 is 0 Å². The molecule has 1 amide bonds. The van der Waals surface area contributed by atoms with Crippen molar-refractivity contribution in [3.05, 3.63) is 77.9 Å². The zero-order valence-corrected chi connectivity index (χ0v) is 17.8. The number of nitriles is 1. The second kappa shape index (κ2) is 10.4. The molecule has 0 aliphatic rings. The molecule has 0 bridgehead atoms. The van der Waals surface area contributed by atoms with Gasteiger partial charge in [0.2, 0.25) is 5.91 Å². The van der Waals surface area contributed by atoms with E-state index in [0.717, 1.165) is 27.5 Å². The zero-order chi connectivity index (χ0) is 21.3. The van der Waals surface area contributed by atoms with Gasteiger partial charge in [-0.1, -0.05) is 42.5 Å². The van der Waals surface area contributed by atoms with Gasteiger partial charge in [-0.25, -0.2) is 0 Å². The van der Waals surface area contributed by atoms with Gasteiger partial charge in [0.15, 0.2) is 5.75 Å². The van der Waals surface area contributed by atoms with Crippen molar-refractivity contribution >= 4 is 29.0 Å². The fourth-order valence-electron chi connectivity index (χ4n) is 2.95. The van der Waals surface area contributed by atoms with Gasteiger partial charge in [-0.15, -0.1) is 11.8 Å². The fraction of sp³-hybridized carbons (Fsp3) is 0.167. The summed E-state index contributed by atoms with van der Waals surface area (Å²) < 4.78 is 6.16. The topological polar surface area (TPSA) is 74.2 Å². The lowest BCUT2D eigenvalue weighted by Gasteiger charge is -2.16. The SMILES string of the molecule is Cc1cccc(C)c1Oc1ccccc1NCC(=O)Nc1ccccc1SCC#N. The maximum atomic E-state index is 12.5. The molecule has 0 saturated heterocycles. The fourth-order valence-corrected chi connectivity index (χ4v) is 3.62. The smallest absolute Gasteiger partial charge is 0.243 e. The second-order valence-corrected chi connectivity index (χ2v) is 7.68. The molecular weight excluding hydrogens is 394 g/mol. The molecular formula is C24H23N3O2S. The molecule has 30 heavy (non-hydrogen) atoms. The Morgan fingerprint density at radius 1 is 0.967 bits per heavy atom. The van der Waals surface area contributed by atoms with E-state index in [4.69, 9.17) is 10.00 Å². The summed E-state index contributed by atoms with van der Waals surface area (Å²) in [6.07, 6.45) is 0. The molecule has 0 aliphatic carbocycles. The van der Waals surface area contributed by atoms with E-state index in [-0.39, 0.29) is 12.5 Å². The van der Waals surface area contributed by atoms with Crippen LogP contribution in [0.1, 0.15) is 11.1 Å². The number of aryl methyl sites for hydroxylation is 2. The van der Waals surface area contributed by atoms with Crippen molar-refractivity contribution in [2.24, 2.45) is 0 Å². The van der Waals surface area contributed by atoms with Crippen molar-refractivity contribution in [1.82, 2.24) is 0 Å². The highest BCUT2D eigenvalue weighted by molar-refractivity contribution is 7.99. The molecule has 3 rings (SSSR count). The molecule has 0 fully saturated rings. The number of anilines is 2. The first-order valence-electron chi connectivity index (χ1n) is 9.54. The lowest BCUT2D eigenvalue weighted by molar-refractivity contribution is -0.114. The third kappa shape index (κ3) is 5.56.